The van der Waals surface area contributed by atoms with E-state index < -0.39 is 0 Å². The highest BCUT2D eigenvalue weighted by Crippen LogP contribution is 2.13. The number of hydrogen-bond donors (Lipinski definition) is 1. The fourth-order valence-electron chi connectivity index (χ4n) is 1.73. The third-order valence-electron chi connectivity index (χ3n) is 2.96. The van der Waals surface area contributed by atoms with Crippen LogP contribution in [0.15, 0.2) is 36.7 Å². The second-order valence-corrected chi connectivity index (χ2v) is 4.49. The minimum atomic E-state index is 0.204. The molecule has 1 aromatic heterocycles. The van der Waals surface area contributed by atoms with Crippen LogP contribution in [0, 0.1) is 18.3 Å². The molecule has 0 amide bonds. The van der Waals surface area contributed by atoms with Crippen molar-refractivity contribution in [1.29, 1.82) is 5.26 Å². The summed E-state index contributed by atoms with van der Waals surface area (Å²) in [5.74, 6) is 0. The lowest BCUT2D eigenvalue weighted by Crippen LogP contribution is -2.18. The highest BCUT2D eigenvalue weighted by molar-refractivity contribution is 5.32. The molecule has 1 atom stereocenters. The number of benzene rings is 1. The van der Waals surface area contributed by atoms with Crippen molar-refractivity contribution in [2.45, 2.75) is 26.4 Å². The first-order valence-corrected chi connectivity index (χ1v) is 6.20. The molecule has 0 radical (unpaired) electrons. The van der Waals surface area contributed by atoms with Crippen LogP contribution in [0.1, 0.15) is 35.5 Å². The standard InChI is InChI=1S/C15H16N4/c1-11-8-19-15(9-17-11)10-18-12(2)14-5-3-13(7-16)4-6-14/h3-6,8-9,12,18H,10H2,1-2H3. The molecule has 0 spiro atoms. The third kappa shape index (κ3) is 3.60. The Hall–Kier alpha value is -2.25. The summed E-state index contributed by atoms with van der Waals surface area (Å²) in [4.78, 5) is 8.52. The van der Waals surface area contributed by atoms with Crippen LogP contribution in [0.5, 0.6) is 0 Å². The molecular weight excluding hydrogens is 236 g/mol. The lowest BCUT2D eigenvalue weighted by atomic mass is 10.1. The molecule has 4 nitrogen and oxygen atoms in total. The average molecular weight is 252 g/mol. The maximum absolute atomic E-state index is 8.76. The minimum Gasteiger partial charge on any atom is -0.305 e. The van der Waals surface area contributed by atoms with Crippen LogP contribution in [-0.2, 0) is 6.54 Å². The van der Waals surface area contributed by atoms with Crippen LogP contribution in [0.2, 0.25) is 0 Å². The smallest absolute Gasteiger partial charge is 0.0991 e. The molecule has 1 N–H and O–H groups in total. The molecular formula is C15H16N4. The van der Waals surface area contributed by atoms with Crippen molar-refractivity contribution in [1.82, 2.24) is 15.3 Å². The number of nitrogens with one attached hydrogen (secondary N) is 1. The molecule has 0 aliphatic carbocycles. The molecule has 0 saturated heterocycles. The van der Waals surface area contributed by atoms with Gasteiger partial charge in [-0.2, -0.15) is 5.26 Å². The van der Waals surface area contributed by atoms with Gasteiger partial charge in [0.15, 0.2) is 0 Å². The largest absolute Gasteiger partial charge is 0.305 e. The Bertz CT molecular complexity index is 567. The van der Waals surface area contributed by atoms with E-state index >= 15 is 0 Å². The van der Waals surface area contributed by atoms with Gasteiger partial charge in [0.1, 0.15) is 0 Å². The Balaban J connectivity index is 1.95. The monoisotopic (exact) mass is 252 g/mol. The topological polar surface area (TPSA) is 61.6 Å². The number of nitrogens with zero attached hydrogens (tertiary/aromatic N) is 3. The first kappa shape index (κ1) is 13.2. The van der Waals surface area contributed by atoms with Gasteiger partial charge in [0.05, 0.1) is 23.0 Å². The van der Waals surface area contributed by atoms with Gasteiger partial charge in [0.25, 0.3) is 0 Å². The van der Waals surface area contributed by atoms with Crippen molar-refractivity contribution in [2.24, 2.45) is 0 Å². The van der Waals surface area contributed by atoms with E-state index in [0.29, 0.717) is 12.1 Å². The second-order valence-electron chi connectivity index (χ2n) is 4.49. The van der Waals surface area contributed by atoms with Crippen molar-refractivity contribution in [2.75, 3.05) is 0 Å². The van der Waals surface area contributed by atoms with Gasteiger partial charge in [0, 0.05) is 25.0 Å². The first-order valence-electron chi connectivity index (χ1n) is 6.20. The summed E-state index contributed by atoms with van der Waals surface area (Å²) < 4.78 is 0. The SMILES string of the molecule is Cc1cnc(CNC(C)c2ccc(C#N)cc2)cn1. The van der Waals surface area contributed by atoms with Gasteiger partial charge in [-0.1, -0.05) is 12.1 Å². The Morgan fingerprint density at radius 3 is 2.53 bits per heavy atom. The maximum Gasteiger partial charge on any atom is 0.0991 e. The molecule has 2 rings (SSSR count). The quantitative estimate of drug-likeness (QED) is 0.908. The number of hydrogen-bond acceptors (Lipinski definition) is 4. The van der Waals surface area contributed by atoms with E-state index in [4.69, 9.17) is 5.26 Å². The Morgan fingerprint density at radius 2 is 1.95 bits per heavy atom. The molecule has 0 aliphatic rings. The fraction of sp³-hybridized carbons (Fsp3) is 0.267. The van der Waals surface area contributed by atoms with Gasteiger partial charge >= 0.3 is 0 Å². The summed E-state index contributed by atoms with van der Waals surface area (Å²) in [5.41, 5.74) is 3.68. The zero-order valence-corrected chi connectivity index (χ0v) is 11.1. The van der Waals surface area contributed by atoms with E-state index in [-0.39, 0.29) is 6.04 Å². The lowest BCUT2D eigenvalue weighted by molar-refractivity contribution is 0.566. The highest BCUT2D eigenvalue weighted by Gasteiger charge is 2.05. The van der Waals surface area contributed by atoms with Crippen LogP contribution in [0.25, 0.3) is 0 Å². The van der Waals surface area contributed by atoms with Crippen LogP contribution >= 0.6 is 0 Å². The minimum absolute atomic E-state index is 0.204. The van der Waals surface area contributed by atoms with Crippen LogP contribution in [0.3, 0.4) is 0 Å². The molecule has 0 aliphatic heterocycles. The van der Waals surface area contributed by atoms with Gasteiger partial charge < -0.3 is 5.32 Å². The first-order chi connectivity index (χ1) is 9.19. The molecule has 19 heavy (non-hydrogen) atoms. The van der Waals surface area contributed by atoms with Gasteiger partial charge in [-0.25, -0.2) is 0 Å². The van der Waals surface area contributed by atoms with E-state index in [0.717, 1.165) is 17.0 Å². The lowest BCUT2D eigenvalue weighted by Gasteiger charge is -2.13. The predicted molar refractivity (Wildman–Crippen MR) is 73.2 cm³/mol. The van der Waals surface area contributed by atoms with Gasteiger partial charge in [-0.05, 0) is 31.5 Å². The summed E-state index contributed by atoms with van der Waals surface area (Å²) in [5, 5.41) is 12.1. The van der Waals surface area contributed by atoms with Crippen LogP contribution in [-0.4, -0.2) is 9.97 Å². The summed E-state index contributed by atoms with van der Waals surface area (Å²) >= 11 is 0. The van der Waals surface area contributed by atoms with Crippen molar-refractivity contribution in [3.05, 3.63) is 59.2 Å². The summed E-state index contributed by atoms with van der Waals surface area (Å²) in [6.45, 7) is 4.68. The highest BCUT2D eigenvalue weighted by atomic mass is 14.9. The third-order valence-corrected chi connectivity index (χ3v) is 2.96. The molecule has 4 heteroatoms. The molecule has 2 aromatic rings. The molecule has 0 fully saturated rings. The van der Waals surface area contributed by atoms with Crippen LogP contribution in [0.4, 0.5) is 0 Å². The van der Waals surface area contributed by atoms with Gasteiger partial charge in [0.2, 0.25) is 0 Å². The van der Waals surface area contributed by atoms with E-state index in [9.17, 15) is 0 Å². The number of rotatable bonds is 4. The number of aryl methyl sites for hydroxylation is 1. The Kier molecular flexibility index (Phi) is 4.22. The van der Waals surface area contributed by atoms with E-state index in [2.05, 4.69) is 28.3 Å². The van der Waals surface area contributed by atoms with Crippen molar-refractivity contribution in [3.8, 4) is 6.07 Å². The number of nitriles is 1. The van der Waals surface area contributed by atoms with E-state index in [1.165, 1.54) is 0 Å². The molecule has 96 valence electrons. The molecule has 1 unspecified atom stereocenters. The van der Waals surface area contributed by atoms with Crippen molar-refractivity contribution in [3.63, 3.8) is 0 Å². The summed E-state index contributed by atoms with van der Waals surface area (Å²) in [6, 6.07) is 9.93. The van der Waals surface area contributed by atoms with Crippen LogP contribution < -0.4 is 5.32 Å². The molecule has 1 heterocycles. The summed E-state index contributed by atoms with van der Waals surface area (Å²) in [7, 11) is 0. The Labute approximate surface area is 113 Å². The maximum atomic E-state index is 8.76. The van der Waals surface area contributed by atoms with Crippen molar-refractivity contribution < 1.29 is 0 Å². The van der Waals surface area contributed by atoms with E-state index in [1.807, 2.05) is 31.2 Å². The average Bonchev–Trinajstić information content (AvgIpc) is 2.46. The molecule has 1 aromatic carbocycles. The summed E-state index contributed by atoms with van der Waals surface area (Å²) in [6.07, 6.45) is 3.55. The van der Waals surface area contributed by atoms with Crippen molar-refractivity contribution >= 4 is 0 Å². The molecule has 0 bridgehead atoms. The van der Waals surface area contributed by atoms with Gasteiger partial charge in [-0.15, -0.1) is 0 Å². The Morgan fingerprint density at radius 1 is 1.21 bits per heavy atom. The van der Waals surface area contributed by atoms with Gasteiger partial charge in [-0.3, -0.25) is 9.97 Å². The fourth-order valence-corrected chi connectivity index (χ4v) is 1.73. The predicted octanol–water partition coefficient (Wildman–Crippen LogP) is 2.51. The number of aromatic nitrogens is 2. The van der Waals surface area contributed by atoms with E-state index in [1.54, 1.807) is 12.4 Å². The second kappa shape index (κ2) is 6.07. The zero-order chi connectivity index (χ0) is 13.7. The molecule has 0 saturated carbocycles. The normalized spacial score (nSPS) is 11.8. The zero-order valence-electron chi connectivity index (χ0n) is 11.1.